The smallest absolute Gasteiger partial charge is 0.265 e. The first-order valence-electron chi connectivity index (χ1n) is 4.46. The van der Waals surface area contributed by atoms with Crippen molar-refractivity contribution in [2.45, 2.75) is 0 Å². The van der Waals surface area contributed by atoms with Gasteiger partial charge >= 0.3 is 0 Å². The molecule has 0 radical (unpaired) electrons. The molecule has 1 aromatic rings. The number of rotatable bonds is 2. The molecule has 80 valence electrons. The molecule has 0 aliphatic carbocycles. The second-order valence-electron chi connectivity index (χ2n) is 3.05. The first-order chi connectivity index (χ1) is 7.74. The molecule has 5 heteroatoms. The van der Waals surface area contributed by atoms with Crippen LogP contribution in [0.25, 0.3) is 5.57 Å². The minimum absolute atomic E-state index is 0.204. The van der Waals surface area contributed by atoms with Crippen LogP contribution in [0, 0.1) is 0 Å². The summed E-state index contributed by atoms with van der Waals surface area (Å²) in [6.45, 7) is 0. The van der Waals surface area contributed by atoms with Crippen molar-refractivity contribution in [1.82, 2.24) is 0 Å². The molecule has 1 aromatic carbocycles. The summed E-state index contributed by atoms with van der Waals surface area (Å²) in [7, 11) is 0. The number of halogens is 2. The second-order valence-corrected chi connectivity index (χ2v) is 3.68. The summed E-state index contributed by atoms with van der Waals surface area (Å²) >= 11 is 11.3. The van der Waals surface area contributed by atoms with Gasteiger partial charge in [-0.2, -0.15) is 0 Å². The minimum Gasteiger partial charge on any atom is -0.265 e. The number of carbonyl (C=O) groups excluding carboxylic acids is 1. The summed E-state index contributed by atoms with van der Waals surface area (Å²) in [5.74, 6) is -0.405. The Balaban J connectivity index is 2.57. The van der Waals surface area contributed by atoms with E-state index in [-0.39, 0.29) is 5.03 Å². The Morgan fingerprint density at radius 2 is 1.88 bits per heavy atom. The van der Waals surface area contributed by atoms with Crippen molar-refractivity contribution >= 4 is 34.7 Å². The summed E-state index contributed by atoms with van der Waals surface area (Å²) in [5, 5.41) is 7.39. The van der Waals surface area contributed by atoms with Crippen LogP contribution < -0.4 is 0 Å². The third kappa shape index (κ3) is 1.92. The fourth-order valence-electron chi connectivity index (χ4n) is 1.38. The number of amides is 1. The van der Waals surface area contributed by atoms with Crippen molar-refractivity contribution in [1.29, 1.82) is 0 Å². The van der Waals surface area contributed by atoms with Gasteiger partial charge in [0.15, 0.2) is 0 Å². The van der Waals surface area contributed by atoms with E-state index in [0.29, 0.717) is 11.3 Å². The topological polar surface area (TPSA) is 41.8 Å². The van der Waals surface area contributed by atoms with Crippen LogP contribution in [-0.2, 0) is 4.79 Å². The second kappa shape index (κ2) is 4.60. The molecule has 0 saturated heterocycles. The Morgan fingerprint density at radius 1 is 1.19 bits per heavy atom. The highest BCUT2D eigenvalue weighted by atomic mass is 35.5. The highest BCUT2D eigenvalue weighted by Crippen LogP contribution is 2.32. The average molecular weight is 253 g/mol. The summed E-state index contributed by atoms with van der Waals surface area (Å²) in [6.07, 6.45) is 0. The van der Waals surface area contributed by atoms with Crippen molar-refractivity contribution in [3.8, 4) is 0 Å². The Hall–Kier alpha value is -1.45. The van der Waals surface area contributed by atoms with Crippen LogP contribution in [0.5, 0.6) is 0 Å². The molecule has 0 atom stereocenters. The van der Waals surface area contributed by atoms with Crippen LogP contribution in [0.3, 0.4) is 0 Å². The van der Waals surface area contributed by atoms with Crippen LogP contribution in [0.2, 0.25) is 0 Å². The standard InChI is InChI=1S/C11H6Cl2N2O/c12-6-8(13)10-9(11(16)15-14-10)7-4-2-1-3-5-7/h1-6H. The number of benzene rings is 1. The molecule has 2 rings (SSSR count). The van der Waals surface area contributed by atoms with E-state index in [1.807, 2.05) is 18.2 Å². The van der Waals surface area contributed by atoms with E-state index in [1.165, 1.54) is 0 Å². The molecule has 1 amide bonds. The van der Waals surface area contributed by atoms with Gasteiger partial charge in [-0.1, -0.05) is 53.5 Å². The molecule has 0 fully saturated rings. The molecule has 16 heavy (non-hydrogen) atoms. The zero-order chi connectivity index (χ0) is 11.5. The molecule has 0 N–H and O–H groups in total. The molecule has 1 aliphatic heterocycles. The predicted octanol–water partition coefficient (Wildman–Crippen LogP) is 3.71. The molecule has 3 nitrogen and oxygen atoms in total. The normalized spacial score (nSPS) is 16.1. The third-order valence-electron chi connectivity index (χ3n) is 2.08. The van der Waals surface area contributed by atoms with E-state index in [1.54, 1.807) is 12.1 Å². The molecule has 0 spiro atoms. The number of hydrogen-bond donors (Lipinski definition) is 0. The maximum absolute atomic E-state index is 11.6. The van der Waals surface area contributed by atoms with Gasteiger partial charge in [-0.25, -0.2) is 0 Å². The van der Waals surface area contributed by atoms with Crippen molar-refractivity contribution in [3.63, 3.8) is 0 Å². The van der Waals surface area contributed by atoms with Crippen LogP contribution in [0.4, 0.5) is 0 Å². The Morgan fingerprint density at radius 3 is 2.50 bits per heavy atom. The van der Waals surface area contributed by atoms with E-state index in [9.17, 15) is 4.79 Å². The summed E-state index contributed by atoms with van der Waals surface area (Å²) in [4.78, 5) is 11.6. The fraction of sp³-hybridized carbons (Fsp3) is 0. The lowest BCUT2D eigenvalue weighted by atomic mass is 10.0. The zero-order valence-electron chi connectivity index (χ0n) is 8.02. The van der Waals surface area contributed by atoms with Gasteiger partial charge < -0.3 is 0 Å². The van der Waals surface area contributed by atoms with Gasteiger partial charge in [0.05, 0.1) is 10.6 Å². The molecular formula is C11H6Cl2N2O. The van der Waals surface area contributed by atoms with Gasteiger partial charge in [0.25, 0.3) is 5.91 Å². The molecule has 1 aliphatic rings. The van der Waals surface area contributed by atoms with E-state index < -0.39 is 5.91 Å². The van der Waals surface area contributed by atoms with E-state index >= 15 is 0 Å². The van der Waals surface area contributed by atoms with Gasteiger partial charge in [-0.15, -0.1) is 10.2 Å². The maximum Gasteiger partial charge on any atom is 0.298 e. The van der Waals surface area contributed by atoms with Crippen molar-refractivity contribution in [2.24, 2.45) is 10.2 Å². The van der Waals surface area contributed by atoms with Gasteiger partial charge in [-0.05, 0) is 5.56 Å². The third-order valence-corrected chi connectivity index (χ3v) is 2.69. The van der Waals surface area contributed by atoms with Crippen LogP contribution in [-0.4, -0.2) is 5.91 Å². The molecule has 1 heterocycles. The van der Waals surface area contributed by atoms with Gasteiger partial charge in [0.2, 0.25) is 0 Å². The molecule has 0 aromatic heterocycles. The SMILES string of the molecule is O=C1N=NC(C(Cl)=CCl)=C1c1ccccc1. The average Bonchev–Trinajstić information content (AvgIpc) is 2.71. The number of nitrogens with zero attached hydrogens (tertiary/aromatic N) is 2. The monoisotopic (exact) mass is 252 g/mol. The first kappa shape index (κ1) is 11.0. The highest BCUT2D eigenvalue weighted by Gasteiger charge is 2.24. The summed E-state index contributed by atoms with van der Waals surface area (Å²) < 4.78 is 0. The Bertz CT molecular complexity index is 518. The largest absolute Gasteiger partial charge is 0.298 e. The first-order valence-corrected chi connectivity index (χ1v) is 5.27. The lowest BCUT2D eigenvalue weighted by molar-refractivity contribution is -0.112. The number of carbonyl (C=O) groups is 1. The Labute approximate surface area is 102 Å². The molecule has 0 unspecified atom stereocenters. The Kier molecular flexibility index (Phi) is 3.17. The van der Waals surface area contributed by atoms with Crippen LogP contribution in [0.1, 0.15) is 5.56 Å². The van der Waals surface area contributed by atoms with E-state index in [0.717, 1.165) is 11.1 Å². The lowest BCUT2D eigenvalue weighted by Gasteiger charge is -2.01. The van der Waals surface area contributed by atoms with E-state index in [2.05, 4.69) is 10.2 Å². The summed E-state index contributed by atoms with van der Waals surface area (Å²) in [5.41, 5.74) is 2.58. The summed E-state index contributed by atoms with van der Waals surface area (Å²) in [6, 6.07) is 9.09. The minimum atomic E-state index is -0.405. The van der Waals surface area contributed by atoms with Crippen molar-refractivity contribution < 1.29 is 4.79 Å². The fourth-order valence-corrected chi connectivity index (χ4v) is 1.62. The van der Waals surface area contributed by atoms with Crippen molar-refractivity contribution in [3.05, 3.63) is 52.2 Å². The highest BCUT2D eigenvalue weighted by molar-refractivity contribution is 6.40. The van der Waals surface area contributed by atoms with Crippen LogP contribution >= 0.6 is 23.2 Å². The lowest BCUT2D eigenvalue weighted by Crippen LogP contribution is -1.95. The van der Waals surface area contributed by atoms with E-state index in [4.69, 9.17) is 23.2 Å². The maximum atomic E-state index is 11.6. The quantitative estimate of drug-likeness (QED) is 0.792. The van der Waals surface area contributed by atoms with Crippen molar-refractivity contribution in [2.75, 3.05) is 0 Å². The molecule has 0 saturated carbocycles. The van der Waals surface area contributed by atoms with Gasteiger partial charge in [0, 0.05) is 5.54 Å². The predicted molar refractivity (Wildman–Crippen MR) is 63.0 cm³/mol. The van der Waals surface area contributed by atoms with Crippen LogP contribution in [0.15, 0.2) is 56.8 Å². The van der Waals surface area contributed by atoms with Gasteiger partial charge in [-0.3, -0.25) is 4.79 Å². The number of allylic oxidation sites excluding steroid dienone is 1. The zero-order valence-corrected chi connectivity index (χ0v) is 9.53. The number of azo groups is 1. The van der Waals surface area contributed by atoms with Gasteiger partial charge in [0.1, 0.15) is 5.70 Å². The molecular weight excluding hydrogens is 247 g/mol. The number of hydrogen-bond acceptors (Lipinski definition) is 2. The molecule has 0 bridgehead atoms.